The van der Waals surface area contributed by atoms with Crippen molar-refractivity contribution in [2.24, 2.45) is 0 Å². The molecule has 1 aliphatic heterocycles. The van der Waals surface area contributed by atoms with Gasteiger partial charge in [0.15, 0.2) is 6.61 Å². The van der Waals surface area contributed by atoms with E-state index in [1.807, 2.05) is 11.4 Å². The van der Waals surface area contributed by atoms with E-state index in [0.29, 0.717) is 18.8 Å². The Morgan fingerprint density at radius 3 is 2.69 bits per heavy atom. The molecule has 164 valence electrons. The number of hydrogen-bond donors (Lipinski definition) is 0. The summed E-state index contributed by atoms with van der Waals surface area (Å²) in [5.41, 5.74) is 1.10. The number of esters is 1. The highest BCUT2D eigenvalue weighted by atomic mass is 35.5. The van der Waals surface area contributed by atoms with Crippen LogP contribution in [-0.2, 0) is 22.5 Å². The van der Waals surface area contributed by atoms with Gasteiger partial charge in [-0.25, -0.2) is 4.79 Å². The van der Waals surface area contributed by atoms with Crippen LogP contribution in [0.25, 0.3) is 0 Å². The van der Waals surface area contributed by atoms with Gasteiger partial charge in [-0.2, -0.15) is 0 Å². The molecule has 0 saturated heterocycles. The zero-order chi connectivity index (χ0) is 22.7. The molecule has 2 heterocycles. The quantitative estimate of drug-likeness (QED) is 0.289. The second kappa shape index (κ2) is 9.37. The van der Waals surface area contributed by atoms with Crippen LogP contribution in [0.2, 0.25) is 5.02 Å². The lowest BCUT2D eigenvalue weighted by molar-refractivity contribution is -0.385. The maximum Gasteiger partial charge on any atom is 0.338 e. The summed E-state index contributed by atoms with van der Waals surface area (Å²) in [7, 11) is 0. The van der Waals surface area contributed by atoms with Gasteiger partial charge in [-0.1, -0.05) is 11.6 Å². The lowest BCUT2D eigenvalue weighted by Gasteiger charge is -2.26. The molecule has 0 atom stereocenters. The number of nitrogens with zero attached hydrogens (tertiary/aromatic N) is 2. The Balaban J connectivity index is 1.34. The Labute approximate surface area is 192 Å². The number of hydrogen-bond acceptors (Lipinski definition) is 7. The number of amides is 1. The minimum atomic E-state index is -0.643. The molecule has 0 unspecified atom stereocenters. The summed E-state index contributed by atoms with van der Waals surface area (Å²) in [6.07, 6.45) is 0.805. The number of rotatable bonds is 6. The van der Waals surface area contributed by atoms with Crippen LogP contribution in [0.4, 0.5) is 5.69 Å². The Kier molecular flexibility index (Phi) is 6.38. The van der Waals surface area contributed by atoms with E-state index in [1.165, 1.54) is 47.3 Å². The predicted molar refractivity (Wildman–Crippen MR) is 118 cm³/mol. The van der Waals surface area contributed by atoms with E-state index in [-0.39, 0.29) is 34.5 Å². The molecule has 0 N–H and O–H groups in total. The molecule has 8 nitrogen and oxygen atoms in total. The Bertz CT molecular complexity index is 1180. The van der Waals surface area contributed by atoms with Crippen molar-refractivity contribution in [1.82, 2.24) is 4.90 Å². The molecule has 1 aliphatic rings. The molecule has 0 fully saturated rings. The molecule has 32 heavy (non-hydrogen) atoms. The Morgan fingerprint density at radius 2 is 1.94 bits per heavy atom. The first kappa shape index (κ1) is 21.8. The van der Waals surface area contributed by atoms with Gasteiger partial charge in [0.25, 0.3) is 5.91 Å². The van der Waals surface area contributed by atoms with Crippen molar-refractivity contribution in [3.05, 3.63) is 85.1 Å². The first-order valence-electron chi connectivity index (χ1n) is 9.62. The first-order valence-corrected chi connectivity index (χ1v) is 10.9. The molecule has 0 bridgehead atoms. The van der Waals surface area contributed by atoms with E-state index in [0.717, 1.165) is 12.0 Å². The zero-order valence-corrected chi connectivity index (χ0v) is 18.2. The highest BCUT2D eigenvalue weighted by Gasteiger charge is 2.23. The highest BCUT2D eigenvalue weighted by Crippen LogP contribution is 2.33. The van der Waals surface area contributed by atoms with Crippen LogP contribution in [0.1, 0.15) is 20.8 Å². The number of thiophene rings is 1. The van der Waals surface area contributed by atoms with E-state index in [4.69, 9.17) is 21.1 Å². The second-order valence-electron chi connectivity index (χ2n) is 7.01. The summed E-state index contributed by atoms with van der Waals surface area (Å²) in [6.45, 7) is 0.790. The van der Waals surface area contributed by atoms with Gasteiger partial charge in [0, 0.05) is 29.1 Å². The van der Waals surface area contributed by atoms with E-state index in [9.17, 15) is 19.7 Å². The van der Waals surface area contributed by atoms with Gasteiger partial charge in [0.1, 0.15) is 5.75 Å². The van der Waals surface area contributed by atoms with Crippen LogP contribution < -0.4 is 4.74 Å². The lowest BCUT2D eigenvalue weighted by Crippen LogP contribution is -2.38. The third-order valence-corrected chi connectivity index (χ3v) is 6.18. The van der Waals surface area contributed by atoms with Gasteiger partial charge in [0.2, 0.25) is 5.75 Å². The van der Waals surface area contributed by atoms with Crippen LogP contribution >= 0.6 is 22.9 Å². The van der Waals surface area contributed by atoms with Crippen LogP contribution in [-0.4, -0.2) is 34.9 Å². The van der Waals surface area contributed by atoms with Crippen LogP contribution in [0.15, 0.2) is 53.9 Å². The number of fused-ring (bicyclic) bond motifs is 1. The molecular weight excluding hydrogens is 456 g/mol. The molecule has 10 heteroatoms. The third kappa shape index (κ3) is 4.90. The second-order valence-corrected chi connectivity index (χ2v) is 8.44. The minimum Gasteiger partial charge on any atom is -0.452 e. The summed E-state index contributed by atoms with van der Waals surface area (Å²) in [6, 6.07) is 12.0. The number of nitro groups is 1. The number of carbonyl (C=O) groups is 2. The fourth-order valence-electron chi connectivity index (χ4n) is 3.27. The Hall–Kier alpha value is -3.43. The van der Waals surface area contributed by atoms with Gasteiger partial charge in [0.05, 0.1) is 10.5 Å². The molecule has 0 aliphatic carbocycles. The monoisotopic (exact) mass is 472 g/mol. The minimum absolute atomic E-state index is 0.0237. The normalized spacial score (nSPS) is 12.7. The number of benzene rings is 2. The van der Waals surface area contributed by atoms with Gasteiger partial charge in [-0.15, -0.1) is 11.3 Å². The first-order chi connectivity index (χ1) is 15.4. The fourth-order valence-corrected chi connectivity index (χ4v) is 4.32. The van der Waals surface area contributed by atoms with Gasteiger partial charge in [-0.05, 0) is 59.8 Å². The zero-order valence-electron chi connectivity index (χ0n) is 16.7. The number of ether oxygens (including phenoxy) is 2. The molecule has 4 rings (SSSR count). The van der Waals surface area contributed by atoms with E-state index in [1.54, 1.807) is 16.2 Å². The molecule has 0 radical (unpaired) electrons. The summed E-state index contributed by atoms with van der Waals surface area (Å²) in [5, 5.41) is 13.4. The molecular formula is C22H17ClN2O6S. The summed E-state index contributed by atoms with van der Waals surface area (Å²) in [4.78, 5) is 38.3. The molecule has 1 aromatic heterocycles. The van der Waals surface area contributed by atoms with Crippen molar-refractivity contribution in [3.8, 4) is 11.5 Å². The van der Waals surface area contributed by atoms with Gasteiger partial charge < -0.3 is 14.4 Å². The largest absolute Gasteiger partial charge is 0.452 e. The van der Waals surface area contributed by atoms with Gasteiger partial charge >= 0.3 is 11.7 Å². The molecule has 1 amide bonds. The summed E-state index contributed by atoms with van der Waals surface area (Å²) < 4.78 is 10.7. The average molecular weight is 473 g/mol. The maximum atomic E-state index is 12.4. The van der Waals surface area contributed by atoms with Crippen molar-refractivity contribution in [3.63, 3.8) is 0 Å². The highest BCUT2D eigenvalue weighted by molar-refractivity contribution is 7.10. The topological polar surface area (TPSA) is 99.0 Å². The number of halogens is 1. The van der Waals surface area contributed by atoms with Gasteiger partial charge in [-0.3, -0.25) is 14.9 Å². The van der Waals surface area contributed by atoms with E-state index in [2.05, 4.69) is 0 Å². The van der Waals surface area contributed by atoms with Crippen LogP contribution in [0.3, 0.4) is 0 Å². The van der Waals surface area contributed by atoms with Crippen molar-refractivity contribution >= 4 is 40.5 Å². The maximum absolute atomic E-state index is 12.4. The number of nitro benzene ring substituents is 1. The summed E-state index contributed by atoms with van der Waals surface area (Å²) in [5.74, 6) is -0.570. The average Bonchev–Trinajstić information content (AvgIpc) is 3.26. The molecule has 3 aromatic rings. The Morgan fingerprint density at radius 1 is 1.16 bits per heavy atom. The van der Waals surface area contributed by atoms with Crippen molar-refractivity contribution in [1.29, 1.82) is 0 Å². The smallest absolute Gasteiger partial charge is 0.338 e. The van der Waals surface area contributed by atoms with Crippen molar-refractivity contribution in [2.75, 3.05) is 13.2 Å². The standard InChI is InChI=1S/C22H17ClN2O6S/c23-16-3-6-19(18(11-16)25(28)29)31-17-4-1-14(2-5-17)22(27)30-13-21(26)24-9-7-20-15(12-24)8-10-32-20/h1-6,8,10-11H,7,9,12-13H2. The van der Waals surface area contributed by atoms with Crippen LogP contribution in [0, 0.1) is 10.1 Å². The summed E-state index contributed by atoms with van der Waals surface area (Å²) >= 11 is 7.49. The van der Waals surface area contributed by atoms with Crippen LogP contribution in [0.5, 0.6) is 11.5 Å². The lowest BCUT2D eigenvalue weighted by atomic mass is 10.1. The van der Waals surface area contributed by atoms with E-state index >= 15 is 0 Å². The molecule has 0 spiro atoms. The molecule has 2 aromatic carbocycles. The van der Waals surface area contributed by atoms with Crippen molar-refractivity contribution in [2.45, 2.75) is 13.0 Å². The van der Waals surface area contributed by atoms with E-state index < -0.39 is 10.9 Å². The van der Waals surface area contributed by atoms with Crippen molar-refractivity contribution < 1.29 is 24.0 Å². The molecule has 0 saturated carbocycles. The predicted octanol–water partition coefficient (Wildman–Crippen LogP) is 4.84. The third-order valence-electron chi connectivity index (χ3n) is 4.92. The SMILES string of the molecule is O=C(OCC(=O)N1CCc2sccc2C1)c1ccc(Oc2ccc(Cl)cc2[N+](=O)[O-])cc1. The number of carbonyl (C=O) groups excluding carboxylic acids is 2. The fraction of sp³-hybridized carbons (Fsp3) is 0.182.